The standard InChI is InChI=1S/C15H23NO/c1-3-13-5-7-14(8-6-13)12(2)16-11-15(17)9-4-10-15/h5-8,12,16-17H,3-4,9-11H2,1-2H3. The van der Waals surface area contributed by atoms with E-state index in [0.717, 1.165) is 25.7 Å². The number of hydrogen-bond donors (Lipinski definition) is 2. The van der Waals surface area contributed by atoms with Crippen LogP contribution in [0.5, 0.6) is 0 Å². The highest BCUT2D eigenvalue weighted by Crippen LogP contribution is 2.31. The van der Waals surface area contributed by atoms with Crippen molar-refractivity contribution in [1.29, 1.82) is 0 Å². The zero-order valence-electron chi connectivity index (χ0n) is 10.9. The highest BCUT2D eigenvalue weighted by atomic mass is 16.3. The van der Waals surface area contributed by atoms with Gasteiger partial charge < -0.3 is 10.4 Å². The minimum atomic E-state index is -0.433. The molecule has 1 aliphatic rings. The Morgan fingerprint density at radius 3 is 2.41 bits per heavy atom. The van der Waals surface area contributed by atoms with Crippen LogP contribution in [-0.4, -0.2) is 17.3 Å². The van der Waals surface area contributed by atoms with Crippen molar-refractivity contribution in [2.75, 3.05) is 6.54 Å². The molecule has 0 spiro atoms. The van der Waals surface area contributed by atoms with E-state index in [9.17, 15) is 5.11 Å². The fraction of sp³-hybridized carbons (Fsp3) is 0.600. The van der Waals surface area contributed by atoms with Gasteiger partial charge in [0.15, 0.2) is 0 Å². The van der Waals surface area contributed by atoms with Crippen molar-refractivity contribution in [2.45, 2.75) is 51.2 Å². The van der Waals surface area contributed by atoms with Gasteiger partial charge in [-0.05, 0) is 43.7 Å². The maximum atomic E-state index is 10.0. The summed E-state index contributed by atoms with van der Waals surface area (Å²) in [6.07, 6.45) is 4.14. The molecule has 0 aromatic heterocycles. The molecule has 1 aliphatic carbocycles. The summed E-state index contributed by atoms with van der Waals surface area (Å²) < 4.78 is 0. The van der Waals surface area contributed by atoms with Crippen molar-refractivity contribution >= 4 is 0 Å². The van der Waals surface area contributed by atoms with Gasteiger partial charge in [0.1, 0.15) is 0 Å². The molecule has 1 aromatic carbocycles. The van der Waals surface area contributed by atoms with Gasteiger partial charge in [0.25, 0.3) is 0 Å². The van der Waals surface area contributed by atoms with Crippen LogP contribution in [-0.2, 0) is 6.42 Å². The van der Waals surface area contributed by atoms with Gasteiger partial charge in [-0.1, -0.05) is 31.2 Å². The molecular weight excluding hydrogens is 210 g/mol. The average Bonchev–Trinajstić information content (AvgIpc) is 2.33. The molecule has 2 N–H and O–H groups in total. The van der Waals surface area contributed by atoms with E-state index in [1.807, 2.05) is 0 Å². The molecule has 0 bridgehead atoms. The van der Waals surface area contributed by atoms with E-state index in [0.29, 0.717) is 12.6 Å². The summed E-state index contributed by atoms with van der Waals surface area (Å²) in [4.78, 5) is 0. The third-order valence-corrected chi connectivity index (χ3v) is 3.91. The van der Waals surface area contributed by atoms with Crippen LogP contribution < -0.4 is 5.32 Å². The van der Waals surface area contributed by atoms with Gasteiger partial charge in [0, 0.05) is 12.6 Å². The maximum absolute atomic E-state index is 10.0. The van der Waals surface area contributed by atoms with E-state index in [2.05, 4.69) is 43.4 Å². The Balaban J connectivity index is 1.87. The smallest absolute Gasteiger partial charge is 0.0771 e. The van der Waals surface area contributed by atoms with Crippen molar-refractivity contribution in [2.24, 2.45) is 0 Å². The zero-order valence-corrected chi connectivity index (χ0v) is 10.9. The van der Waals surface area contributed by atoms with E-state index in [1.54, 1.807) is 0 Å². The van der Waals surface area contributed by atoms with Crippen molar-refractivity contribution in [3.8, 4) is 0 Å². The zero-order chi connectivity index (χ0) is 12.3. The largest absolute Gasteiger partial charge is 0.389 e. The minimum absolute atomic E-state index is 0.311. The monoisotopic (exact) mass is 233 g/mol. The molecule has 2 nitrogen and oxygen atoms in total. The first kappa shape index (κ1) is 12.6. The van der Waals surface area contributed by atoms with Gasteiger partial charge in [-0.25, -0.2) is 0 Å². The highest BCUT2D eigenvalue weighted by Gasteiger charge is 2.34. The van der Waals surface area contributed by atoms with Crippen molar-refractivity contribution in [1.82, 2.24) is 5.32 Å². The fourth-order valence-corrected chi connectivity index (χ4v) is 2.26. The van der Waals surface area contributed by atoms with E-state index in [1.165, 1.54) is 11.1 Å². The third kappa shape index (κ3) is 3.08. The summed E-state index contributed by atoms with van der Waals surface area (Å²) in [5, 5.41) is 13.5. The second kappa shape index (κ2) is 5.19. The topological polar surface area (TPSA) is 32.3 Å². The fourth-order valence-electron chi connectivity index (χ4n) is 2.26. The number of rotatable bonds is 5. The Bertz CT molecular complexity index is 354. The molecule has 1 unspecified atom stereocenters. The Kier molecular flexibility index (Phi) is 3.85. The van der Waals surface area contributed by atoms with Crippen molar-refractivity contribution < 1.29 is 5.11 Å². The summed E-state index contributed by atoms with van der Waals surface area (Å²) in [7, 11) is 0. The molecule has 1 aromatic rings. The number of benzene rings is 1. The summed E-state index contributed by atoms with van der Waals surface area (Å²) in [5.74, 6) is 0. The van der Waals surface area contributed by atoms with Gasteiger partial charge in [-0.3, -0.25) is 0 Å². The van der Waals surface area contributed by atoms with E-state index in [-0.39, 0.29) is 0 Å². The predicted octanol–water partition coefficient (Wildman–Crippen LogP) is 2.81. The molecule has 17 heavy (non-hydrogen) atoms. The number of aryl methyl sites for hydroxylation is 1. The van der Waals surface area contributed by atoms with Crippen molar-refractivity contribution in [3.63, 3.8) is 0 Å². The van der Waals surface area contributed by atoms with Crippen LogP contribution >= 0.6 is 0 Å². The molecule has 0 radical (unpaired) electrons. The molecule has 0 amide bonds. The number of aliphatic hydroxyl groups is 1. The quantitative estimate of drug-likeness (QED) is 0.819. The molecule has 2 heteroatoms. The average molecular weight is 233 g/mol. The lowest BCUT2D eigenvalue weighted by atomic mass is 9.80. The van der Waals surface area contributed by atoms with Crippen LogP contribution in [0.3, 0.4) is 0 Å². The Morgan fingerprint density at radius 1 is 1.29 bits per heavy atom. The van der Waals surface area contributed by atoms with Crippen molar-refractivity contribution in [3.05, 3.63) is 35.4 Å². The van der Waals surface area contributed by atoms with E-state index >= 15 is 0 Å². The van der Waals surface area contributed by atoms with Gasteiger partial charge in [-0.2, -0.15) is 0 Å². The van der Waals surface area contributed by atoms with Gasteiger partial charge >= 0.3 is 0 Å². The van der Waals surface area contributed by atoms with Crippen LogP contribution in [0.15, 0.2) is 24.3 Å². The Hall–Kier alpha value is -0.860. The van der Waals surface area contributed by atoms with E-state index < -0.39 is 5.60 Å². The predicted molar refractivity (Wildman–Crippen MR) is 71.0 cm³/mol. The molecule has 0 aliphatic heterocycles. The normalized spacial score (nSPS) is 19.7. The van der Waals surface area contributed by atoms with Crippen LogP contribution in [0.2, 0.25) is 0 Å². The van der Waals surface area contributed by atoms with Gasteiger partial charge in [0.05, 0.1) is 5.60 Å². The molecule has 94 valence electrons. The lowest BCUT2D eigenvalue weighted by molar-refractivity contribution is -0.0329. The third-order valence-electron chi connectivity index (χ3n) is 3.91. The second-order valence-electron chi connectivity index (χ2n) is 5.28. The molecule has 1 atom stereocenters. The Morgan fingerprint density at radius 2 is 1.94 bits per heavy atom. The van der Waals surface area contributed by atoms with Crippen LogP contribution in [0, 0.1) is 0 Å². The van der Waals surface area contributed by atoms with Crippen LogP contribution in [0.1, 0.15) is 50.3 Å². The first-order valence-corrected chi connectivity index (χ1v) is 6.67. The molecule has 2 rings (SSSR count). The Labute approximate surface area is 104 Å². The summed E-state index contributed by atoms with van der Waals surface area (Å²) in [5.41, 5.74) is 2.24. The van der Waals surface area contributed by atoms with Crippen LogP contribution in [0.25, 0.3) is 0 Å². The summed E-state index contributed by atoms with van der Waals surface area (Å²) in [6.45, 7) is 5.04. The van der Waals surface area contributed by atoms with Gasteiger partial charge in [0.2, 0.25) is 0 Å². The maximum Gasteiger partial charge on any atom is 0.0771 e. The summed E-state index contributed by atoms with van der Waals surface area (Å²) in [6, 6.07) is 9.05. The number of nitrogens with one attached hydrogen (secondary N) is 1. The SMILES string of the molecule is CCc1ccc(C(C)NCC2(O)CCC2)cc1. The summed E-state index contributed by atoms with van der Waals surface area (Å²) >= 11 is 0. The molecule has 1 saturated carbocycles. The van der Waals surface area contributed by atoms with Crippen LogP contribution in [0.4, 0.5) is 0 Å². The highest BCUT2D eigenvalue weighted by molar-refractivity contribution is 5.24. The van der Waals surface area contributed by atoms with E-state index in [4.69, 9.17) is 0 Å². The second-order valence-corrected chi connectivity index (χ2v) is 5.28. The molecule has 0 saturated heterocycles. The first-order valence-electron chi connectivity index (χ1n) is 6.67. The number of hydrogen-bond acceptors (Lipinski definition) is 2. The minimum Gasteiger partial charge on any atom is -0.389 e. The molecular formula is C15H23NO. The molecule has 0 heterocycles. The molecule has 1 fully saturated rings. The lowest BCUT2D eigenvalue weighted by Crippen LogP contribution is -2.46. The van der Waals surface area contributed by atoms with Gasteiger partial charge in [-0.15, -0.1) is 0 Å². The first-order chi connectivity index (χ1) is 8.13. The lowest BCUT2D eigenvalue weighted by Gasteiger charge is -2.37.